The Balaban J connectivity index is 2.64. The number of aliphatic hydroxyl groups is 1. The molecule has 0 atom stereocenters. The zero-order valence-electron chi connectivity index (χ0n) is 10.1. The second-order valence-electron chi connectivity index (χ2n) is 3.90. The maximum Gasteiger partial charge on any atom is 0.401 e. The van der Waals surface area contributed by atoms with Crippen molar-refractivity contribution in [2.75, 3.05) is 26.8 Å². The van der Waals surface area contributed by atoms with Crippen molar-refractivity contribution in [3.05, 3.63) is 29.8 Å². The quantitative estimate of drug-likeness (QED) is 0.852. The third-order valence-electron chi connectivity index (χ3n) is 2.38. The SMILES string of the molecule is COc1ccc(CN(CCO)CC(F)(F)F)cc1. The van der Waals surface area contributed by atoms with Gasteiger partial charge in [-0.1, -0.05) is 12.1 Å². The third kappa shape index (κ3) is 5.37. The van der Waals surface area contributed by atoms with Gasteiger partial charge >= 0.3 is 6.18 Å². The molecule has 0 fully saturated rings. The molecular weight excluding hydrogens is 247 g/mol. The molecule has 0 aliphatic rings. The molecule has 0 saturated heterocycles. The molecule has 0 aliphatic heterocycles. The van der Waals surface area contributed by atoms with E-state index in [4.69, 9.17) is 9.84 Å². The Kier molecular flexibility index (Phi) is 5.43. The molecule has 0 unspecified atom stereocenters. The van der Waals surface area contributed by atoms with Crippen LogP contribution < -0.4 is 4.74 Å². The molecule has 102 valence electrons. The normalized spacial score (nSPS) is 11.9. The summed E-state index contributed by atoms with van der Waals surface area (Å²) < 4.78 is 41.9. The van der Waals surface area contributed by atoms with E-state index in [2.05, 4.69) is 0 Å². The highest BCUT2D eigenvalue weighted by atomic mass is 19.4. The summed E-state index contributed by atoms with van der Waals surface area (Å²) in [5.41, 5.74) is 0.744. The first-order chi connectivity index (χ1) is 8.44. The standard InChI is InChI=1S/C12H16F3NO2/c1-18-11-4-2-10(3-5-11)8-16(6-7-17)9-12(13,14)15/h2-5,17H,6-9H2,1H3. The minimum absolute atomic E-state index is 0.00839. The Labute approximate surface area is 104 Å². The van der Waals surface area contributed by atoms with Crippen LogP contribution in [-0.4, -0.2) is 43.0 Å². The fourth-order valence-electron chi connectivity index (χ4n) is 1.60. The van der Waals surface area contributed by atoms with Gasteiger partial charge in [-0.05, 0) is 17.7 Å². The van der Waals surface area contributed by atoms with Crippen LogP contribution in [0, 0.1) is 0 Å². The lowest BCUT2D eigenvalue weighted by molar-refractivity contribution is -0.147. The fourth-order valence-corrected chi connectivity index (χ4v) is 1.60. The van der Waals surface area contributed by atoms with Gasteiger partial charge in [-0.2, -0.15) is 13.2 Å². The zero-order valence-corrected chi connectivity index (χ0v) is 10.1. The van der Waals surface area contributed by atoms with Crippen LogP contribution in [0.25, 0.3) is 0 Å². The van der Waals surface area contributed by atoms with E-state index in [1.165, 1.54) is 7.11 Å². The van der Waals surface area contributed by atoms with E-state index in [1.54, 1.807) is 24.3 Å². The number of aliphatic hydroxyl groups excluding tert-OH is 1. The monoisotopic (exact) mass is 263 g/mol. The molecule has 1 aromatic rings. The lowest BCUT2D eigenvalue weighted by Gasteiger charge is -2.22. The lowest BCUT2D eigenvalue weighted by Crippen LogP contribution is -2.35. The van der Waals surface area contributed by atoms with E-state index in [9.17, 15) is 13.2 Å². The number of hydrogen-bond donors (Lipinski definition) is 1. The van der Waals surface area contributed by atoms with Gasteiger partial charge in [0.25, 0.3) is 0 Å². The Hall–Kier alpha value is -1.27. The molecule has 1 N–H and O–H groups in total. The van der Waals surface area contributed by atoms with Crippen molar-refractivity contribution in [3.8, 4) is 5.75 Å². The summed E-state index contributed by atoms with van der Waals surface area (Å²) in [6.45, 7) is -1.19. The molecule has 6 heteroatoms. The first kappa shape index (κ1) is 14.8. The maximum atomic E-state index is 12.3. The Morgan fingerprint density at radius 3 is 2.28 bits per heavy atom. The number of hydrogen-bond acceptors (Lipinski definition) is 3. The topological polar surface area (TPSA) is 32.7 Å². The number of methoxy groups -OCH3 is 1. The second kappa shape index (κ2) is 6.61. The van der Waals surface area contributed by atoms with Gasteiger partial charge in [-0.3, -0.25) is 4.90 Å². The molecule has 0 radical (unpaired) electrons. The first-order valence-corrected chi connectivity index (χ1v) is 5.47. The van der Waals surface area contributed by atoms with Gasteiger partial charge in [0.15, 0.2) is 0 Å². The molecule has 0 bridgehead atoms. The molecular formula is C12H16F3NO2. The van der Waals surface area contributed by atoms with Crippen molar-refractivity contribution in [1.29, 1.82) is 0 Å². The van der Waals surface area contributed by atoms with Gasteiger partial charge in [-0.15, -0.1) is 0 Å². The number of halogens is 3. The fraction of sp³-hybridized carbons (Fsp3) is 0.500. The van der Waals surface area contributed by atoms with Gasteiger partial charge in [0.1, 0.15) is 5.75 Å². The average Bonchev–Trinajstić information content (AvgIpc) is 2.28. The van der Waals surface area contributed by atoms with E-state index in [1.807, 2.05) is 0 Å². The summed E-state index contributed by atoms with van der Waals surface area (Å²) >= 11 is 0. The summed E-state index contributed by atoms with van der Waals surface area (Å²) in [4.78, 5) is 1.15. The van der Waals surface area contributed by atoms with Crippen LogP contribution in [0.15, 0.2) is 24.3 Å². The predicted octanol–water partition coefficient (Wildman–Crippen LogP) is 2.05. The Bertz CT molecular complexity index is 351. The van der Waals surface area contributed by atoms with Crippen LogP contribution >= 0.6 is 0 Å². The van der Waals surface area contributed by atoms with Gasteiger partial charge in [-0.25, -0.2) is 0 Å². The maximum absolute atomic E-state index is 12.3. The van der Waals surface area contributed by atoms with Gasteiger partial charge in [0.2, 0.25) is 0 Å². The van der Waals surface area contributed by atoms with E-state index in [-0.39, 0.29) is 19.7 Å². The van der Waals surface area contributed by atoms with Crippen LogP contribution in [0.5, 0.6) is 5.75 Å². The lowest BCUT2D eigenvalue weighted by atomic mass is 10.2. The summed E-state index contributed by atoms with van der Waals surface area (Å²) in [7, 11) is 1.52. The summed E-state index contributed by atoms with van der Waals surface area (Å²) in [5.74, 6) is 0.656. The number of nitrogens with zero attached hydrogens (tertiary/aromatic N) is 1. The van der Waals surface area contributed by atoms with Crippen molar-refractivity contribution in [2.45, 2.75) is 12.7 Å². The highest BCUT2D eigenvalue weighted by Crippen LogP contribution is 2.19. The summed E-state index contributed by atoms with van der Waals surface area (Å²) in [6, 6.07) is 6.80. The number of ether oxygens (including phenoxy) is 1. The minimum atomic E-state index is -4.26. The predicted molar refractivity (Wildman–Crippen MR) is 61.4 cm³/mol. The van der Waals surface area contributed by atoms with Gasteiger partial charge < -0.3 is 9.84 Å². The largest absolute Gasteiger partial charge is 0.497 e. The Morgan fingerprint density at radius 1 is 1.22 bits per heavy atom. The number of benzene rings is 1. The van der Waals surface area contributed by atoms with Crippen molar-refractivity contribution in [2.24, 2.45) is 0 Å². The molecule has 1 aromatic carbocycles. The van der Waals surface area contributed by atoms with Crippen molar-refractivity contribution < 1.29 is 23.0 Å². The average molecular weight is 263 g/mol. The van der Waals surface area contributed by atoms with Crippen LogP contribution in [0.3, 0.4) is 0 Å². The van der Waals surface area contributed by atoms with Crippen LogP contribution in [0.1, 0.15) is 5.56 Å². The molecule has 1 rings (SSSR count). The second-order valence-corrected chi connectivity index (χ2v) is 3.90. The Morgan fingerprint density at radius 2 is 1.83 bits per heavy atom. The van der Waals surface area contributed by atoms with E-state index in [0.29, 0.717) is 5.75 Å². The van der Waals surface area contributed by atoms with E-state index < -0.39 is 12.7 Å². The highest BCUT2D eigenvalue weighted by Gasteiger charge is 2.30. The first-order valence-electron chi connectivity index (χ1n) is 5.47. The molecule has 0 spiro atoms. The van der Waals surface area contributed by atoms with Crippen molar-refractivity contribution in [3.63, 3.8) is 0 Å². The van der Waals surface area contributed by atoms with Crippen LogP contribution in [0.4, 0.5) is 13.2 Å². The minimum Gasteiger partial charge on any atom is -0.497 e. The van der Waals surface area contributed by atoms with Crippen LogP contribution in [-0.2, 0) is 6.54 Å². The highest BCUT2D eigenvalue weighted by molar-refractivity contribution is 5.27. The molecule has 0 aliphatic carbocycles. The molecule has 0 heterocycles. The molecule has 0 aromatic heterocycles. The van der Waals surface area contributed by atoms with E-state index in [0.717, 1.165) is 10.5 Å². The van der Waals surface area contributed by atoms with Gasteiger partial charge in [0, 0.05) is 13.1 Å². The summed E-state index contributed by atoms with van der Waals surface area (Å²) in [6.07, 6.45) is -4.26. The third-order valence-corrected chi connectivity index (χ3v) is 2.38. The molecule has 18 heavy (non-hydrogen) atoms. The zero-order chi connectivity index (χ0) is 13.6. The van der Waals surface area contributed by atoms with Crippen molar-refractivity contribution in [1.82, 2.24) is 4.90 Å². The smallest absolute Gasteiger partial charge is 0.401 e. The molecule has 0 saturated carbocycles. The molecule has 3 nitrogen and oxygen atoms in total. The van der Waals surface area contributed by atoms with E-state index >= 15 is 0 Å². The summed E-state index contributed by atoms with van der Waals surface area (Å²) in [5, 5.41) is 8.76. The van der Waals surface area contributed by atoms with Gasteiger partial charge in [0.05, 0.1) is 20.3 Å². The number of rotatable bonds is 6. The van der Waals surface area contributed by atoms with Crippen LogP contribution in [0.2, 0.25) is 0 Å². The van der Waals surface area contributed by atoms with Crippen molar-refractivity contribution >= 4 is 0 Å². The number of alkyl halides is 3. The molecule has 0 amide bonds.